The SMILES string of the molecule is COc1ccc(-n2nnnc2S[C@@H](C(=O)N2CCCCC2)c2ccccc2)cc1. The lowest BCUT2D eigenvalue weighted by molar-refractivity contribution is -0.131. The van der Waals surface area contributed by atoms with Gasteiger partial charge in [0.15, 0.2) is 0 Å². The lowest BCUT2D eigenvalue weighted by atomic mass is 10.1. The molecule has 0 radical (unpaired) electrons. The molecule has 4 rings (SSSR count). The molecular formula is C21H23N5O2S. The maximum atomic E-state index is 13.4. The number of hydrogen-bond donors (Lipinski definition) is 0. The van der Waals surface area contributed by atoms with Gasteiger partial charge in [-0.25, -0.2) is 0 Å². The van der Waals surface area contributed by atoms with Crippen molar-refractivity contribution >= 4 is 17.7 Å². The van der Waals surface area contributed by atoms with E-state index in [9.17, 15) is 4.79 Å². The second-order valence-electron chi connectivity index (χ2n) is 6.87. The smallest absolute Gasteiger partial charge is 0.240 e. The summed E-state index contributed by atoms with van der Waals surface area (Å²) in [4.78, 5) is 15.3. The molecule has 1 saturated heterocycles. The van der Waals surface area contributed by atoms with Gasteiger partial charge in [-0.3, -0.25) is 4.79 Å². The van der Waals surface area contributed by atoms with E-state index in [0.29, 0.717) is 5.16 Å². The number of methoxy groups -OCH3 is 1. The molecule has 2 aromatic carbocycles. The fourth-order valence-electron chi connectivity index (χ4n) is 3.41. The van der Waals surface area contributed by atoms with Crippen LogP contribution in [0.4, 0.5) is 0 Å². The highest BCUT2D eigenvalue weighted by atomic mass is 32.2. The Balaban J connectivity index is 1.63. The van der Waals surface area contributed by atoms with Crippen LogP contribution in [0, 0.1) is 0 Å². The number of piperidine rings is 1. The first-order chi connectivity index (χ1) is 14.3. The van der Waals surface area contributed by atoms with Gasteiger partial charge < -0.3 is 9.64 Å². The van der Waals surface area contributed by atoms with Crippen LogP contribution in [0.15, 0.2) is 59.8 Å². The molecule has 2 heterocycles. The second-order valence-corrected chi connectivity index (χ2v) is 7.94. The minimum Gasteiger partial charge on any atom is -0.497 e. The molecular weight excluding hydrogens is 386 g/mol. The largest absolute Gasteiger partial charge is 0.497 e. The monoisotopic (exact) mass is 409 g/mol. The lowest BCUT2D eigenvalue weighted by Gasteiger charge is -2.30. The first kappa shape index (κ1) is 19.4. The van der Waals surface area contributed by atoms with Crippen LogP contribution in [-0.4, -0.2) is 51.2 Å². The molecule has 8 heteroatoms. The van der Waals surface area contributed by atoms with Crippen LogP contribution < -0.4 is 4.74 Å². The molecule has 1 aliphatic rings. The zero-order valence-corrected chi connectivity index (χ0v) is 17.1. The molecule has 0 spiro atoms. The van der Waals surface area contributed by atoms with Crippen molar-refractivity contribution in [2.24, 2.45) is 0 Å². The van der Waals surface area contributed by atoms with Crippen LogP contribution in [0.25, 0.3) is 5.69 Å². The fourth-order valence-corrected chi connectivity index (χ4v) is 4.49. The molecule has 1 aliphatic heterocycles. The van der Waals surface area contributed by atoms with Crippen molar-refractivity contribution in [3.63, 3.8) is 0 Å². The van der Waals surface area contributed by atoms with Gasteiger partial charge in [0.2, 0.25) is 11.1 Å². The second kappa shape index (κ2) is 9.09. The molecule has 7 nitrogen and oxygen atoms in total. The summed E-state index contributed by atoms with van der Waals surface area (Å²) in [6.07, 6.45) is 3.30. The summed E-state index contributed by atoms with van der Waals surface area (Å²) in [6, 6.07) is 17.3. The van der Waals surface area contributed by atoms with Gasteiger partial charge in [0.05, 0.1) is 12.8 Å². The minimum absolute atomic E-state index is 0.116. The molecule has 0 N–H and O–H groups in total. The number of carbonyl (C=O) groups excluding carboxylic acids is 1. The van der Waals surface area contributed by atoms with E-state index in [0.717, 1.165) is 42.9 Å². The van der Waals surface area contributed by atoms with Crippen LogP contribution in [0.1, 0.15) is 30.1 Å². The standard InChI is InChI=1S/C21H23N5O2S/c1-28-18-12-10-17(11-13-18)26-21(22-23-24-26)29-19(16-8-4-2-5-9-16)20(27)25-14-6-3-7-15-25/h2,4-5,8-13,19H,3,6-7,14-15H2,1H3/t19-/m1/s1. The molecule has 1 aromatic heterocycles. The van der Waals surface area contributed by atoms with E-state index in [4.69, 9.17) is 4.74 Å². The number of aromatic nitrogens is 4. The van der Waals surface area contributed by atoms with Crippen molar-refractivity contribution in [3.05, 3.63) is 60.2 Å². The molecule has 1 fully saturated rings. The molecule has 29 heavy (non-hydrogen) atoms. The molecule has 0 saturated carbocycles. The summed E-state index contributed by atoms with van der Waals surface area (Å²) in [5, 5.41) is 12.4. The average molecular weight is 410 g/mol. The number of benzene rings is 2. The molecule has 1 atom stereocenters. The topological polar surface area (TPSA) is 73.1 Å². The van der Waals surface area contributed by atoms with E-state index in [1.807, 2.05) is 59.5 Å². The maximum Gasteiger partial charge on any atom is 0.240 e. The summed E-state index contributed by atoms with van der Waals surface area (Å²) in [7, 11) is 1.63. The van der Waals surface area contributed by atoms with Gasteiger partial charge in [-0.15, -0.1) is 5.10 Å². The maximum absolute atomic E-state index is 13.4. The number of amides is 1. The van der Waals surface area contributed by atoms with Gasteiger partial charge in [-0.1, -0.05) is 42.1 Å². The molecule has 0 unspecified atom stereocenters. The molecule has 0 bridgehead atoms. The Kier molecular flexibility index (Phi) is 6.09. The minimum atomic E-state index is -0.391. The van der Waals surface area contributed by atoms with Gasteiger partial charge in [0, 0.05) is 13.1 Å². The van der Waals surface area contributed by atoms with Crippen molar-refractivity contribution < 1.29 is 9.53 Å². The quantitative estimate of drug-likeness (QED) is 0.580. The highest BCUT2D eigenvalue weighted by molar-refractivity contribution is 8.00. The van der Waals surface area contributed by atoms with Crippen LogP contribution >= 0.6 is 11.8 Å². The van der Waals surface area contributed by atoms with E-state index in [1.54, 1.807) is 11.8 Å². The third kappa shape index (κ3) is 4.42. The third-order valence-electron chi connectivity index (χ3n) is 4.98. The van der Waals surface area contributed by atoms with Crippen LogP contribution in [0.5, 0.6) is 5.75 Å². The number of carbonyl (C=O) groups is 1. The summed E-state index contributed by atoms with van der Waals surface area (Å²) in [5.74, 6) is 0.878. The Morgan fingerprint density at radius 2 is 1.76 bits per heavy atom. The van der Waals surface area contributed by atoms with Crippen LogP contribution in [-0.2, 0) is 4.79 Å². The number of likely N-dealkylation sites (tertiary alicyclic amines) is 1. The number of ether oxygens (including phenoxy) is 1. The molecule has 150 valence electrons. The lowest BCUT2D eigenvalue weighted by Crippen LogP contribution is -2.38. The van der Waals surface area contributed by atoms with Crippen LogP contribution in [0.2, 0.25) is 0 Å². The highest BCUT2D eigenvalue weighted by Gasteiger charge is 2.30. The van der Waals surface area contributed by atoms with Crippen molar-refractivity contribution in [2.45, 2.75) is 29.7 Å². The van der Waals surface area contributed by atoms with E-state index >= 15 is 0 Å². The summed E-state index contributed by atoms with van der Waals surface area (Å²) in [5.41, 5.74) is 1.77. The van der Waals surface area contributed by atoms with Gasteiger partial charge in [-0.05, 0) is 59.5 Å². The predicted molar refractivity (Wildman–Crippen MR) is 111 cm³/mol. The zero-order valence-electron chi connectivity index (χ0n) is 16.3. The molecule has 3 aromatic rings. The number of rotatable bonds is 6. The Bertz CT molecular complexity index is 939. The number of tetrazole rings is 1. The Labute approximate surface area is 174 Å². The van der Waals surface area contributed by atoms with Crippen molar-refractivity contribution in [3.8, 4) is 11.4 Å². The van der Waals surface area contributed by atoms with E-state index in [-0.39, 0.29) is 5.91 Å². The van der Waals surface area contributed by atoms with Crippen molar-refractivity contribution in [2.75, 3.05) is 20.2 Å². The normalized spacial score (nSPS) is 15.1. The fraction of sp³-hybridized carbons (Fsp3) is 0.333. The van der Waals surface area contributed by atoms with E-state index < -0.39 is 5.25 Å². The summed E-state index contributed by atoms with van der Waals surface area (Å²) < 4.78 is 6.88. The zero-order chi connectivity index (χ0) is 20.1. The average Bonchev–Trinajstić information content (AvgIpc) is 3.26. The number of thioether (sulfide) groups is 1. The Morgan fingerprint density at radius 1 is 1.03 bits per heavy atom. The highest BCUT2D eigenvalue weighted by Crippen LogP contribution is 2.37. The van der Waals surface area contributed by atoms with Crippen molar-refractivity contribution in [1.82, 2.24) is 25.1 Å². The third-order valence-corrected chi connectivity index (χ3v) is 6.15. The van der Waals surface area contributed by atoms with Gasteiger partial charge in [-0.2, -0.15) is 4.68 Å². The summed E-state index contributed by atoms with van der Waals surface area (Å²) >= 11 is 1.39. The first-order valence-corrected chi connectivity index (χ1v) is 10.6. The Hall–Kier alpha value is -2.87. The summed E-state index contributed by atoms with van der Waals surface area (Å²) in [6.45, 7) is 1.62. The molecule has 1 amide bonds. The van der Waals surface area contributed by atoms with Gasteiger partial charge >= 0.3 is 0 Å². The van der Waals surface area contributed by atoms with Gasteiger partial charge in [0.25, 0.3) is 0 Å². The van der Waals surface area contributed by atoms with Crippen LogP contribution in [0.3, 0.4) is 0 Å². The van der Waals surface area contributed by atoms with Crippen molar-refractivity contribution in [1.29, 1.82) is 0 Å². The van der Waals surface area contributed by atoms with Gasteiger partial charge in [0.1, 0.15) is 11.0 Å². The number of hydrogen-bond acceptors (Lipinski definition) is 6. The predicted octanol–water partition coefficient (Wildman–Crippen LogP) is 3.52. The number of nitrogens with zero attached hydrogens (tertiary/aromatic N) is 5. The van der Waals surface area contributed by atoms with E-state index in [2.05, 4.69) is 15.5 Å². The Morgan fingerprint density at radius 3 is 2.45 bits per heavy atom. The first-order valence-electron chi connectivity index (χ1n) is 9.69. The van der Waals surface area contributed by atoms with E-state index in [1.165, 1.54) is 18.2 Å². The molecule has 0 aliphatic carbocycles.